The number of ether oxygens (including phenoxy) is 2. The highest BCUT2D eigenvalue weighted by Gasteiger charge is 2.43. The third-order valence-electron chi connectivity index (χ3n) is 6.69. The molecule has 44 heavy (non-hydrogen) atoms. The van der Waals surface area contributed by atoms with Crippen molar-refractivity contribution in [1.29, 1.82) is 0 Å². The predicted octanol–water partition coefficient (Wildman–Crippen LogP) is -5.22. The topological polar surface area (TPSA) is 328 Å². The van der Waals surface area contributed by atoms with E-state index in [0.717, 1.165) is 4.57 Å². The number of hydrogen-bond acceptors (Lipinski definition) is 18. The first-order valence-corrected chi connectivity index (χ1v) is 13.2. The zero-order valence-corrected chi connectivity index (χ0v) is 23.2. The smallest absolute Gasteiger partial charge is 0.351 e. The van der Waals surface area contributed by atoms with Crippen molar-refractivity contribution in [3.63, 3.8) is 0 Å². The summed E-state index contributed by atoms with van der Waals surface area (Å²) >= 11 is 0. The molecule has 3 aromatic heterocycles. The Morgan fingerprint density at radius 2 is 1.68 bits per heavy atom. The molecule has 5 heterocycles. The lowest BCUT2D eigenvalue weighted by molar-refractivity contribution is -0.111. The maximum atomic E-state index is 11.5. The monoisotopic (exact) mass is 628 g/mol. The van der Waals surface area contributed by atoms with Gasteiger partial charge in [0.2, 0.25) is 0 Å². The van der Waals surface area contributed by atoms with Gasteiger partial charge in [-0.05, 0) is 6.07 Å². The van der Waals surface area contributed by atoms with Gasteiger partial charge in [0.15, 0.2) is 17.7 Å². The number of nitrogen functional groups attached to an aromatic ring is 2. The molecule has 20 nitrogen and oxygen atoms in total. The van der Waals surface area contributed by atoms with Crippen LogP contribution in [0.3, 0.4) is 0 Å². The molecule has 2 fully saturated rings. The molecule has 9 atom stereocenters. The SMILES string of the molecule is Nc1ccn([C@@H]2O[C@H](CO)[C@@H](O)[C@H]2O)c(=O)n1.Nc1ncnc2c1ncn2[C@H]1C[C@H](O)[C@@H](CO)O1.O=CCC(O)C(O)CO. The molecule has 2 aliphatic heterocycles. The van der Waals surface area contributed by atoms with E-state index in [9.17, 15) is 24.9 Å². The number of imidazole rings is 1. The van der Waals surface area contributed by atoms with Gasteiger partial charge < -0.3 is 66.6 Å². The molecule has 0 radical (unpaired) electrons. The van der Waals surface area contributed by atoms with E-state index in [-0.39, 0.29) is 18.8 Å². The molecule has 3 aromatic rings. The van der Waals surface area contributed by atoms with Crippen molar-refractivity contribution in [3.8, 4) is 0 Å². The summed E-state index contributed by atoms with van der Waals surface area (Å²) in [7, 11) is 0. The van der Waals surface area contributed by atoms with Crippen LogP contribution in [0, 0.1) is 0 Å². The van der Waals surface area contributed by atoms with Gasteiger partial charge in [-0.25, -0.2) is 19.7 Å². The molecule has 2 aliphatic rings. The first-order chi connectivity index (χ1) is 21.0. The summed E-state index contributed by atoms with van der Waals surface area (Å²) in [5, 5.41) is 72.4. The van der Waals surface area contributed by atoms with Crippen LogP contribution in [0.25, 0.3) is 11.2 Å². The Morgan fingerprint density at radius 3 is 2.25 bits per heavy atom. The molecular weight excluding hydrogens is 592 g/mol. The molecule has 20 heteroatoms. The first kappa shape index (κ1) is 34.8. The lowest BCUT2D eigenvalue weighted by Crippen LogP contribution is -2.36. The van der Waals surface area contributed by atoms with Gasteiger partial charge in [0.25, 0.3) is 0 Å². The van der Waals surface area contributed by atoms with E-state index in [2.05, 4.69) is 19.9 Å². The Balaban J connectivity index is 0.000000191. The lowest BCUT2D eigenvalue weighted by Gasteiger charge is -2.16. The highest BCUT2D eigenvalue weighted by Crippen LogP contribution is 2.31. The van der Waals surface area contributed by atoms with Crippen LogP contribution in [0.5, 0.6) is 0 Å². The number of carbonyl (C=O) groups is 1. The molecule has 2 unspecified atom stereocenters. The summed E-state index contributed by atoms with van der Waals surface area (Å²) in [5.41, 5.74) is 11.4. The standard InChI is InChI=1S/C10H13N5O3.C9H13N3O5.C5H10O4/c11-9-8-10(13-3-12-9)15(4-14-8)7-1-5(17)6(2-16)18-7;10-5-1-2-12(9(16)11-5)8-7(15)6(14)4(3-13)17-8;6-2-1-4(8)5(9)3-7/h3-7,16-17H,1-2H2,(H2,11,12,13);1-2,4,6-8,13-15H,3H2,(H2,10,11,16);2,4-5,7-9H,1,3H2/t5-,6+,7+;4-,6-,7-,8-;/m01./s1. The molecule has 0 aromatic carbocycles. The number of fused-ring (bicyclic) bond motifs is 1. The van der Waals surface area contributed by atoms with Crippen molar-refractivity contribution in [3.05, 3.63) is 35.4 Å². The fraction of sp³-hybridized carbons (Fsp3) is 0.583. The van der Waals surface area contributed by atoms with Gasteiger partial charge in [0.1, 0.15) is 60.7 Å². The second-order valence-corrected chi connectivity index (χ2v) is 9.69. The highest BCUT2D eigenvalue weighted by atomic mass is 16.6. The van der Waals surface area contributed by atoms with Gasteiger partial charge in [-0.15, -0.1) is 0 Å². The van der Waals surface area contributed by atoms with Crippen molar-refractivity contribution < 1.29 is 55.1 Å². The average Bonchev–Trinajstić information content (AvgIpc) is 3.69. The van der Waals surface area contributed by atoms with E-state index < -0.39 is 74.1 Å². The van der Waals surface area contributed by atoms with Crippen LogP contribution in [-0.4, -0.2) is 139 Å². The molecule has 2 saturated heterocycles. The predicted molar refractivity (Wildman–Crippen MR) is 147 cm³/mol. The number of nitrogens with zero attached hydrogens (tertiary/aromatic N) is 6. The maximum absolute atomic E-state index is 11.5. The molecule has 0 bridgehead atoms. The minimum absolute atomic E-state index is 0.0537. The highest BCUT2D eigenvalue weighted by molar-refractivity contribution is 5.81. The molecule has 0 spiro atoms. The summed E-state index contributed by atoms with van der Waals surface area (Å²) < 4.78 is 13.4. The molecule has 0 amide bonds. The van der Waals surface area contributed by atoms with Crippen molar-refractivity contribution in [1.82, 2.24) is 29.1 Å². The quantitative estimate of drug-likeness (QED) is 0.104. The van der Waals surface area contributed by atoms with E-state index in [1.165, 1.54) is 18.6 Å². The average molecular weight is 629 g/mol. The van der Waals surface area contributed by atoms with E-state index in [1.807, 2.05) is 0 Å². The van der Waals surface area contributed by atoms with Crippen molar-refractivity contribution in [2.24, 2.45) is 0 Å². The third kappa shape index (κ3) is 8.06. The second kappa shape index (κ2) is 15.9. The van der Waals surface area contributed by atoms with Crippen LogP contribution >= 0.6 is 0 Å². The van der Waals surface area contributed by atoms with Crippen LogP contribution < -0.4 is 17.2 Å². The van der Waals surface area contributed by atoms with E-state index >= 15 is 0 Å². The first-order valence-electron chi connectivity index (χ1n) is 13.2. The summed E-state index contributed by atoms with van der Waals surface area (Å²) in [6, 6.07) is 1.37. The Bertz CT molecular complexity index is 1410. The fourth-order valence-corrected chi connectivity index (χ4v) is 4.24. The van der Waals surface area contributed by atoms with Crippen molar-refractivity contribution in [2.45, 2.75) is 68.0 Å². The van der Waals surface area contributed by atoms with Gasteiger partial charge in [-0.1, -0.05) is 0 Å². The Kier molecular flexibility index (Phi) is 12.5. The number of aliphatic hydroxyl groups is 8. The van der Waals surface area contributed by atoms with Crippen molar-refractivity contribution >= 4 is 29.1 Å². The van der Waals surface area contributed by atoms with Crippen LogP contribution in [-0.2, 0) is 14.3 Å². The maximum Gasteiger partial charge on any atom is 0.351 e. The number of hydrogen-bond donors (Lipinski definition) is 10. The summed E-state index contributed by atoms with van der Waals surface area (Å²) in [6.07, 6.45) is -3.65. The van der Waals surface area contributed by atoms with Gasteiger partial charge in [-0.3, -0.25) is 9.13 Å². The van der Waals surface area contributed by atoms with Crippen LogP contribution in [0.1, 0.15) is 25.3 Å². The Morgan fingerprint density at radius 1 is 0.977 bits per heavy atom. The molecule has 244 valence electrons. The molecule has 5 rings (SSSR count). The number of aromatic nitrogens is 6. The van der Waals surface area contributed by atoms with E-state index in [1.54, 1.807) is 10.9 Å². The third-order valence-corrected chi connectivity index (χ3v) is 6.69. The Hall–Kier alpha value is -3.70. The lowest BCUT2D eigenvalue weighted by atomic mass is 10.1. The van der Waals surface area contributed by atoms with Gasteiger partial charge in [0.05, 0.1) is 38.4 Å². The zero-order valence-electron chi connectivity index (χ0n) is 23.2. The molecule has 0 aliphatic carbocycles. The van der Waals surface area contributed by atoms with Crippen LogP contribution in [0.4, 0.5) is 11.6 Å². The normalized spacial score (nSPS) is 27.6. The zero-order chi connectivity index (χ0) is 32.6. The largest absolute Gasteiger partial charge is 0.394 e. The van der Waals surface area contributed by atoms with E-state index in [4.69, 9.17) is 46.5 Å². The number of rotatable bonds is 8. The van der Waals surface area contributed by atoms with Crippen molar-refractivity contribution in [2.75, 3.05) is 31.3 Å². The fourth-order valence-electron chi connectivity index (χ4n) is 4.24. The van der Waals surface area contributed by atoms with Gasteiger partial charge in [-0.2, -0.15) is 4.98 Å². The van der Waals surface area contributed by atoms with E-state index in [0.29, 0.717) is 29.7 Å². The number of aldehydes is 1. The number of anilines is 2. The number of carbonyl (C=O) groups excluding carboxylic acids is 1. The van der Waals surface area contributed by atoms with Crippen LogP contribution in [0.15, 0.2) is 29.7 Å². The van der Waals surface area contributed by atoms with Gasteiger partial charge >= 0.3 is 5.69 Å². The summed E-state index contributed by atoms with van der Waals surface area (Å²) in [4.78, 5) is 36.8. The minimum Gasteiger partial charge on any atom is -0.394 e. The number of aliphatic hydroxyl groups excluding tert-OH is 8. The number of nitrogens with two attached hydrogens (primary N) is 2. The van der Waals surface area contributed by atoms with Gasteiger partial charge in [0, 0.05) is 19.0 Å². The molecular formula is C24H36N8O12. The molecule has 0 saturated carbocycles. The summed E-state index contributed by atoms with van der Waals surface area (Å²) in [5.74, 6) is 0.356. The summed E-state index contributed by atoms with van der Waals surface area (Å²) in [6.45, 7) is -1.19. The minimum atomic E-state index is -1.31. The van der Waals surface area contributed by atoms with Crippen LogP contribution in [0.2, 0.25) is 0 Å². The molecule has 12 N–H and O–H groups in total. The Labute approximate surface area is 248 Å². The second-order valence-electron chi connectivity index (χ2n) is 9.69.